The second kappa shape index (κ2) is 8.77. The third-order valence-corrected chi connectivity index (χ3v) is 4.80. The summed E-state index contributed by atoms with van der Waals surface area (Å²) in [5.41, 5.74) is 9.34. The summed E-state index contributed by atoms with van der Waals surface area (Å²) in [7, 11) is 0. The first kappa shape index (κ1) is 20.4. The summed E-state index contributed by atoms with van der Waals surface area (Å²) in [5, 5.41) is 3.70. The number of aromatic amines is 1. The molecule has 0 fully saturated rings. The molecule has 29 heavy (non-hydrogen) atoms. The number of halogens is 1. The lowest BCUT2D eigenvalue weighted by Crippen LogP contribution is -2.30. The molecular formula is C22H24FN3O3. The second-order valence-corrected chi connectivity index (χ2v) is 7.02. The molecule has 2 amide bonds. The Bertz CT molecular complexity index is 1040. The molecular weight excluding hydrogens is 373 g/mol. The molecule has 0 spiro atoms. The Morgan fingerprint density at radius 1 is 1.14 bits per heavy atom. The fourth-order valence-corrected chi connectivity index (χ4v) is 3.39. The van der Waals surface area contributed by atoms with Crippen LogP contribution in [0.5, 0.6) is 5.75 Å². The van der Waals surface area contributed by atoms with E-state index in [4.69, 9.17) is 10.5 Å². The van der Waals surface area contributed by atoms with Crippen LogP contribution in [0.4, 0.5) is 4.39 Å². The van der Waals surface area contributed by atoms with E-state index in [0.717, 1.165) is 27.8 Å². The van der Waals surface area contributed by atoms with Gasteiger partial charge in [-0.05, 0) is 55.2 Å². The van der Waals surface area contributed by atoms with Crippen LogP contribution >= 0.6 is 0 Å². The molecule has 7 heteroatoms. The molecule has 152 valence electrons. The fourth-order valence-electron chi connectivity index (χ4n) is 3.39. The SMILES string of the molecule is Cc1[nH]c2c(F)ccc(C)c2c1CCNC(=O)COc1ccc(CC(N)=O)cc1. The van der Waals surface area contributed by atoms with E-state index < -0.39 is 5.91 Å². The maximum Gasteiger partial charge on any atom is 0.257 e. The van der Waals surface area contributed by atoms with Crippen LogP contribution in [0.3, 0.4) is 0 Å². The number of nitrogens with one attached hydrogen (secondary N) is 2. The number of carbonyl (C=O) groups excluding carboxylic acids is 2. The minimum Gasteiger partial charge on any atom is -0.484 e. The van der Waals surface area contributed by atoms with Crippen LogP contribution in [0, 0.1) is 19.7 Å². The first-order valence-electron chi connectivity index (χ1n) is 9.38. The highest BCUT2D eigenvalue weighted by Gasteiger charge is 2.14. The van der Waals surface area contributed by atoms with E-state index in [1.807, 2.05) is 13.8 Å². The Kier molecular flexibility index (Phi) is 6.16. The predicted octanol–water partition coefficient (Wildman–Crippen LogP) is 2.69. The lowest BCUT2D eigenvalue weighted by molar-refractivity contribution is -0.123. The molecule has 0 aliphatic carbocycles. The molecule has 0 bridgehead atoms. The van der Waals surface area contributed by atoms with Crippen LogP contribution in [0.25, 0.3) is 10.9 Å². The number of carbonyl (C=O) groups is 2. The maximum absolute atomic E-state index is 14.0. The lowest BCUT2D eigenvalue weighted by Gasteiger charge is -2.09. The summed E-state index contributed by atoms with van der Waals surface area (Å²) >= 11 is 0. The zero-order valence-electron chi connectivity index (χ0n) is 16.5. The summed E-state index contributed by atoms with van der Waals surface area (Å²) in [4.78, 5) is 26.1. The second-order valence-electron chi connectivity index (χ2n) is 7.02. The van der Waals surface area contributed by atoms with Crippen LogP contribution in [-0.4, -0.2) is 29.9 Å². The van der Waals surface area contributed by atoms with Crippen LogP contribution in [0.15, 0.2) is 36.4 Å². The van der Waals surface area contributed by atoms with Gasteiger partial charge in [-0.15, -0.1) is 0 Å². The molecule has 3 aromatic rings. The van der Waals surface area contributed by atoms with Gasteiger partial charge >= 0.3 is 0 Å². The first-order valence-corrected chi connectivity index (χ1v) is 9.38. The maximum atomic E-state index is 14.0. The van der Waals surface area contributed by atoms with Crippen molar-refractivity contribution in [1.29, 1.82) is 0 Å². The largest absolute Gasteiger partial charge is 0.484 e. The van der Waals surface area contributed by atoms with E-state index in [0.29, 0.717) is 24.2 Å². The van der Waals surface area contributed by atoms with E-state index in [1.165, 1.54) is 6.07 Å². The predicted molar refractivity (Wildman–Crippen MR) is 109 cm³/mol. The molecule has 0 atom stereocenters. The topological polar surface area (TPSA) is 97.2 Å². The van der Waals surface area contributed by atoms with Gasteiger partial charge in [0, 0.05) is 17.6 Å². The number of amides is 2. The number of nitrogens with two attached hydrogens (primary N) is 1. The molecule has 3 rings (SSSR count). The van der Waals surface area contributed by atoms with Crippen molar-refractivity contribution in [2.24, 2.45) is 5.73 Å². The van der Waals surface area contributed by atoms with Gasteiger partial charge in [0.2, 0.25) is 5.91 Å². The number of rotatable bonds is 8. The van der Waals surface area contributed by atoms with Gasteiger partial charge in [0.1, 0.15) is 11.6 Å². The van der Waals surface area contributed by atoms with Gasteiger partial charge in [0.25, 0.3) is 5.91 Å². The summed E-state index contributed by atoms with van der Waals surface area (Å²) < 4.78 is 19.5. The van der Waals surface area contributed by atoms with Gasteiger partial charge in [0.05, 0.1) is 11.9 Å². The molecule has 0 aliphatic heterocycles. The van der Waals surface area contributed by atoms with Gasteiger partial charge in [-0.1, -0.05) is 18.2 Å². The van der Waals surface area contributed by atoms with E-state index in [9.17, 15) is 14.0 Å². The number of H-pyrrole nitrogens is 1. The van der Waals surface area contributed by atoms with E-state index in [-0.39, 0.29) is 24.8 Å². The normalized spacial score (nSPS) is 10.9. The molecule has 0 aliphatic rings. The van der Waals surface area contributed by atoms with Crippen molar-refractivity contribution in [3.63, 3.8) is 0 Å². The highest BCUT2D eigenvalue weighted by atomic mass is 19.1. The van der Waals surface area contributed by atoms with Crippen LogP contribution in [0.1, 0.15) is 22.4 Å². The molecule has 0 radical (unpaired) electrons. The lowest BCUT2D eigenvalue weighted by atomic mass is 10.0. The van der Waals surface area contributed by atoms with Crippen molar-refractivity contribution in [1.82, 2.24) is 10.3 Å². The van der Waals surface area contributed by atoms with Gasteiger partial charge in [0.15, 0.2) is 6.61 Å². The number of ether oxygens (including phenoxy) is 1. The van der Waals surface area contributed by atoms with Crippen LogP contribution in [-0.2, 0) is 22.4 Å². The fraction of sp³-hybridized carbons (Fsp3) is 0.273. The highest BCUT2D eigenvalue weighted by molar-refractivity contribution is 5.88. The quantitative estimate of drug-likeness (QED) is 0.545. The minimum atomic E-state index is -0.401. The van der Waals surface area contributed by atoms with E-state index in [2.05, 4.69) is 10.3 Å². The van der Waals surface area contributed by atoms with Crippen molar-refractivity contribution in [3.05, 3.63) is 64.6 Å². The first-order chi connectivity index (χ1) is 13.8. The van der Waals surface area contributed by atoms with Gasteiger partial charge in [-0.2, -0.15) is 0 Å². The van der Waals surface area contributed by atoms with Crippen LogP contribution in [0.2, 0.25) is 0 Å². The summed E-state index contributed by atoms with van der Waals surface area (Å²) in [6, 6.07) is 10.1. The number of benzene rings is 2. The zero-order valence-corrected chi connectivity index (χ0v) is 16.5. The number of aromatic nitrogens is 1. The number of hydrogen-bond acceptors (Lipinski definition) is 3. The van der Waals surface area contributed by atoms with Crippen molar-refractivity contribution in [2.75, 3.05) is 13.2 Å². The molecule has 0 unspecified atom stereocenters. The van der Waals surface area contributed by atoms with Crippen molar-refractivity contribution in [2.45, 2.75) is 26.7 Å². The molecule has 0 saturated carbocycles. The summed E-state index contributed by atoms with van der Waals surface area (Å²) in [6.07, 6.45) is 0.751. The molecule has 4 N–H and O–H groups in total. The highest BCUT2D eigenvalue weighted by Crippen LogP contribution is 2.27. The zero-order chi connectivity index (χ0) is 21.0. The smallest absolute Gasteiger partial charge is 0.257 e. The Labute approximate surface area is 168 Å². The number of aryl methyl sites for hydroxylation is 2. The monoisotopic (exact) mass is 397 g/mol. The minimum absolute atomic E-state index is 0.115. The number of fused-ring (bicyclic) bond motifs is 1. The Morgan fingerprint density at radius 3 is 2.55 bits per heavy atom. The van der Waals surface area contributed by atoms with Crippen LogP contribution < -0.4 is 15.8 Å². The average molecular weight is 397 g/mol. The Balaban J connectivity index is 1.52. The molecule has 2 aromatic carbocycles. The molecule has 0 saturated heterocycles. The Morgan fingerprint density at radius 2 is 1.86 bits per heavy atom. The third kappa shape index (κ3) is 4.93. The number of hydrogen-bond donors (Lipinski definition) is 3. The number of primary amides is 1. The third-order valence-electron chi connectivity index (χ3n) is 4.80. The van der Waals surface area contributed by atoms with Crippen molar-refractivity contribution in [3.8, 4) is 5.75 Å². The molecule has 6 nitrogen and oxygen atoms in total. The summed E-state index contributed by atoms with van der Waals surface area (Å²) in [6.45, 7) is 4.15. The molecule has 1 heterocycles. The van der Waals surface area contributed by atoms with Gasteiger partial charge in [-0.3, -0.25) is 9.59 Å². The van der Waals surface area contributed by atoms with Gasteiger partial charge < -0.3 is 20.8 Å². The van der Waals surface area contributed by atoms with Gasteiger partial charge in [-0.25, -0.2) is 4.39 Å². The summed E-state index contributed by atoms with van der Waals surface area (Å²) in [5.74, 6) is -0.390. The average Bonchev–Trinajstić information content (AvgIpc) is 3.01. The Hall–Kier alpha value is -3.35. The molecule has 1 aromatic heterocycles. The van der Waals surface area contributed by atoms with E-state index in [1.54, 1.807) is 30.3 Å². The standard InChI is InChI=1S/C22H24FN3O3/c1-13-3-8-18(23)22-21(13)17(14(2)26-22)9-10-25-20(28)12-29-16-6-4-15(5-7-16)11-19(24)27/h3-8,26H,9-12H2,1-2H3,(H2,24,27)(H,25,28). The van der Waals surface area contributed by atoms with Crippen molar-refractivity contribution >= 4 is 22.7 Å². The van der Waals surface area contributed by atoms with E-state index >= 15 is 0 Å². The van der Waals surface area contributed by atoms with Crippen molar-refractivity contribution < 1.29 is 18.7 Å².